The topological polar surface area (TPSA) is 101 Å². The van der Waals surface area contributed by atoms with E-state index in [1.807, 2.05) is 66.0 Å². The number of hydrogen-bond acceptors (Lipinski definition) is 9. The summed E-state index contributed by atoms with van der Waals surface area (Å²) in [5.41, 5.74) is 2.68. The summed E-state index contributed by atoms with van der Waals surface area (Å²) in [4.78, 5) is 39.8. The van der Waals surface area contributed by atoms with Gasteiger partial charge in [0, 0.05) is 21.8 Å². The number of fused-ring (bicyclic) bond motifs is 1. The summed E-state index contributed by atoms with van der Waals surface area (Å²) in [6.07, 6.45) is -0.123. The summed E-state index contributed by atoms with van der Waals surface area (Å²) in [5, 5.41) is 8.13. The lowest BCUT2D eigenvalue weighted by Gasteiger charge is -2.49. The first-order chi connectivity index (χ1) is 17.2. The zero-order valence-electron chi connectivity index (χ0n) is 18.3. The summed E-state index contributed by atoms with van der Waals surface area (Å²) >= 11 is 4.21. The first-order valence-corrected chi connectivity index (χ1v) is 13.6. The summed E-state index contributed by atoms with van der Waals surface area (Å²) in [6, 6.07) is 18.3. The molecule has 35 heavy (non-hydrogen) atoms. The van der Waals surface area contributed by atoms with E-state index in [1.54, 1.807) is 0 Å². The number of amides is 2. The predicted octanol–water partition coefficient (Wildman–Crippen LogP) is 3.35. The number of nitrogens with one attached hydrogen (secondary N) is 1. The molecule has 5 rings (SSSR count). The molecule has 1 saturated heterocycles. The van der Waals surface area contributed by atoms with Crippen molar-refractivity contribution in [1.29, 1.82) is 0 Å². The van der Waals surface area contributed by atoms with Gasteiger partial charge >= 0.3 is 5.97 Å². The van der Waals surface area contributed by atoms with E-state index in [-0.39, 0.29) is 17.0 Å². The molecule has 1 N–H and O–H groups in total. The van der Waals surface area contributed by atoms with Crippen LogP contribution in [0.4, 0.5) is 0 Å². The molecule has 3 aromatic rings. The molecule has 2 aliphatic heterocycles. The summed E-state index contributed by atoms with van der Waals surface area (Å²) in [6.45, 7) is 0. The standard InChI is InChI=1S/C24H20N4O4S3/c29-14-25-19-22(30)28-20(18(13-34-23(19)28)33-11-17-12-35-27-26-17)24(31)32-21(15-7-3-1-4-8-15)16-9-5-2-6-10-16/h1-10,12,14,19,21,23H,11,13H2,(H,25,29)/t19-,23-/m1/s1. The molecular formula is C24H20N4O4S3. The Labute approximate surface area is 214 Å². The van der Waals surface area contributed by atoms with Gasteiger partial charge in [0.1, 0.15) is 17.1 Å². The average molecular weight is 525 g/mol. The first kappa shape index (κ1) is 23.6. The van der Waals surface area contributed by atoms with Gasteiger partial charge in [-0.05, 0) is 22.7 Å². The second kappa shape index (κ2) is 10.6. The van der Waals surface area contributed by atoms with Crippen LogP contribution < -0.4 is 5.32 Å². The molecule has 2 amide bonds. The minimum absolute atomic E-state index is 0.229. The van der Waals surface area contributed by atoms with Gasteiger partial charge in [0.05, 0.1) is 5.69 Å². The van der Waals surface area contributed by atoms with Crippen LogP contribution in [-0.2, 0) is 24.9 Å². The Bertz CT molecular complexity index is 1200. The van der Waals surface area contributed by atoms with E-state index >= 15 is 0 Å². The number of thioether (sulfide) groups is 2. The van der Waals surface area contributed by atoms with Gasteiger partial charge in [0.25, 0.3) is 5.91 Å². The van der Waals surface area contributed by atoms with Crippen LogP contribution in [0.15, 0.2) is 76.6 Å². The third kappa shape index (κ3) is 4.84. The van der Waals surface area contributed by atoms with Gasteiger partial charge in [-0.3, -0.25) is 14.5 Å². The number of β-lactam (4-membered cyclic amide) rings is 1. The van der Waals surface area contributed by atoms with Gasteiger partial charge in [-0.25, -0.2) is 4.79 Å². The van der Waals surface area contributed by atoms with Crippen molar-refractivity contribution in [2.24, 2.45) is 0 Å². The molecule has 0 bridgehead atoms. The number of hydrogen-bond donors (Lipinski definition) is 1. The maximum atomic E-state index is 13.7. The monoisotopic (exact) mass is 524 g/mol. The third-order valence-corrected chi connectivity index (χ3v) is 8.75. The Kier molecular flexibility index (Phi) is 7.16. The summed E-state index contributed by atoms with van der Waals surface area (Å²) < 4.78 is 9.98. The number of benzene rings is 2. The highest BCUT2D eigenvalue weighted by Crippen LogP contribution is 2.44. The van der Waals surface area contributed by atoms with E-state index in [0.717, 1.165) is 21.7 Å². The van der Waals surface area contributed by atoms with E-state index in [4.69, 9.17) is 4.74 Å². The number of ether oxygens (including phenoxy) is 1. The fraction of sp³-hybridized carbons (Fsp3) is 0.208. The van der Waals surface area contributed by atoms with Crippen LogP contribution in [0.1, 0.15) is 22.9 Å². The van der Waals surface area contributed by atoms with Crippen molar-refractivity contribution in [1.82, 2.24) is 19.8 Å². The molecule has 2 aromatic carbocycles. The fourth-order valence-electron chi connectivity index (χ4n) is 3.94. The molecule has 178 valence electrons. The number of esters is 1. The molecule has 0 spiro atoms. The van der Waals surface area contributed by atoms with Gasteiger partial charge < -0.3 is 10.1 Å². The van der Waals surface area contributed by atoms with Crippen LogP contribution in [0.3, 0.4) is 0 Å². The molecule has 1 aromatic heterocycles. The van der Waals surface area contributed by atoms with Crippen molar-refractivity contribution >= 4 is 53.3 Å². The second-order valence-electron chi connectivity index (χ2n) is 7.74. The normalized spacial score (nSPS) is 19.2. The van der Waals surface area contributed by atoms with E-state index in [0.29, 0.717) is 17.9 Å². The number of aromatic nitrogens is 2. The summed E-state index contributed by atoms with van der Waals surface area (Å²) in [5.74, 6) is 0.127. The van der Waals surface area contributed by atoms with Gasteiger partial charge in [-0.15, -0.1) is 28.6 Å². The van der Waals surface area contributed by atoms with Crippen molar-refractivity contribution in [3.8, 4) is 0 Å². The molecule has 8 nitrogen and oxygen atoms in total. The Morgan fingerprint density at radius 1 is 1.17 bits per heavy atom. The van der Waals surface area contributed by atoms with Crippen molar-refractivity contribution in [3.05, 3.63) is 93.5 Å². The quantitative estimate of drug-likeness (QED) is 0.258. The maximum absolute atomic E-state index is 13.7. The third-order valence-electron chi connectivity index (χ3n) is 5.60. The molecule has 2 atom stereocenters. The van der Waals surface area contributed by atoms with E-state index in [1.165, 1.54) is 40.0 Å². The maximum Gasteiger partial charge on any atom is 0.356 e. The lowest BCUT2D eigenvalue weighted by molar-refractivity contribution is -0.154. The highest BCUT2D eigenvalue weighted by Gasteiger charge is 2.54. The Morgan fingerprint density at radius 2 is 1.86 bits per heavy atom. The molecule has 2 aliphatic rings. The van der Waals surface area contributed by atoms with Crippen LogP contribution >= 0.6 is 35.1 Å². The highest BCUT2D eigenvalue weighted by molar-refractivity contribution is 8.05. The van der Waals surface area contributed by atoms with Gasteiger partial charge in [-0.1, -0.05) is 65.2 Å². The SMILES string of the molecule is O=CN[C@@H]1C(=O)N2C(C(=O)OC(c3ccccc3)c3ccccc3)=C(SCc3csnn3)CS[C@H]12. The van der Waals surface area contributed by atoms with Gasteiger partial charge in [0.2, 0.25) is 6.41 Å². The highest BCUT2D eigenvalue weighted by atomic mass is 32.2. The molecule has 11 heteroatoms. The zero-order chi connectivity index (χ0) is 24.2. The minimum Gasteiger partial charge on any atom is -0.448 e. The molecule has 1 fully saturated rings. The fourth-order valence-corrected chi connectivity index (χ4v) is 7.02. The molecule has 3 heterocycles. The lowest BCUT2D eigenvalue weighted by Crippen LogP contribution is -2.69. The van der Waals surface area contributed by atoms with Crippen LogP contribution in [0.2, 0.25) is 0 Å². The second-order valence-corrected chi connectivity index (χ2v) is 10.5. The van der Waals surface area contributed by atoms with Gasteiger partial charge in [0.15, 0.2) is 6.10 Å². The minimum atomic E-state index is -0.659. The van der Waals surface area contributed by atoms with Crippen LogP contribution in [0.25, 0.3) is 0 Å². The average Bonchev–Trinajstić information content (AvgIpc) is 3.43. The van der Waals surface area contributed by atoms with Gasteiger partial charge in [-0.2, -0.15) is 0 Å². The number of nitrogens with zero attached hydrogens (tertiary/aromatic N) is 3. The Morgan fingerprint density at radius 3 is 2.46 bits per heavy atom. The summed E-state index contributed by atoms with van der Waals surface area (Å²) in [7, 11) is 0. The molecule has 0 unspecified atom stereocenters. The first-order valence-electron chi connectivity index (χ1n) is 10.7. The van der Waals surface area contributed by atoms with E-state index < -0.39 is 18.1 Å². The van der Waals surface area contributed by atoms with Crippen molar-refractivity contribution in [3.63, 3.8) is 0 Å². The lowest BCUT2D eigenvalue weighted by atomic mass is 10.0. The van der Waals surface area contributed by atoms with E-state index in [9.17, 15) is 14.4 Å². The van der Waals surface area contributed by atoms with Crippen molar-refractivity contribution in [2.45, 2.75) is 23.3 Å². The Balaban J connectivity index is 1.47. The number of carbonyl (C=O) groups is 3. The smallest absolute Gasteiger partial charge is 0.356 e. The van der Waals surface area contributed by atoms with E-state index in [2.05, 4.69) is 14.9 Å². The van der Waals surface area contributed by atoms with Crippen LogP contribution in [-0.4, -0.2) is 49.9 Å². The van der Waals surface area contributed by atoms with Crippen LogP contribution in [0.5, 0.6) is 0 Å². The van der Waals surface area contributed by atoms with Crippen LogP contribution in [0, 0.1) is 0 Å². The molecule has 0 aliphatic carbocycles. The zero-order valence-corrected chi connectivity index (χ0v) is 20.7. The molecule has 0 radical (unpaired) electrons. The predicted molar refractivity (Wildman–Crippen MR) is 135 cm³/mol. The number of carbonyl (C=O) groups excluding carboxylic acids is 3. The largest absolute Gasteiger partial charge is 0.448 e. The Hall–Kier alpha value is -3.15. The molecular weight excluding hydrogens is 504 g/mol. The number of rotatable bonds is 9. The molecule has 0 saturated carbocycles. The van der Waals surface area contributed by atoms with Crippen molar-refractivity contribution in [2.75, 3.05) is 5.75 Å². The van der Waals surface area contributed by atoms with Crippen molar-refractivity contribution < 1.29 is 19.1 Å².